The van der Waals surface area contributed by atoms with E-state index in [4.69, 9.17) is 0 Å². The fraction of sp³-hybridized carbons (Fsp3) is 0.333. The number of benzene rings is 1. The number of hydrogen-bond acceptors (Lipinski definition) is 4. The Morgan fingerprint density at radius 3 is 2.70 bits per heavy atom. The average Bonchev–Trinajstić information content (AvgIpc) is 3.46. The molecule has 0 bridgehead atoms. The Morgan fingerprint density at radius 1 is 1.15 bits per heavy atom. The Hall–Kier alpha value is -2.44. The van der Waals surface area contributed by atoms with Crippen molar-refractivity contribution in [3.63, 3.8) is 0 Å². The van der Waals surface area contributed by atoms with Gasteiger partial charge >= 0.3 is 0 Å². The summed E-state index contributed by atoms with van der Waals surface area (Å²) in [6.07, 6.45) is 6.32. The number of rotatable bonds is 4. The molecule has 138 valence electrons. The zero-order valence-electron chi connectivity index (χ0n) is 15.0. The van der Waals surface area contributed by atoms with Gasteiger partial charge in [0.2, 0.25) is 0 Å². The molecule has 1 aliphatic carbocycles. The summed E-state index contributed by atoms with van der Waals surface area (Å²) in [6.45, 7) is 1.15. The molecule has 1 aliphatic heterocycles. The van der Waals surface area contributed by atoms with E-state index in [1.807, 2.05) is 6.07 Å². The van der Waals surface area contributed by atoms with Gasteiger partial charge in [-0.2, -0.15) is 5.10 Å². The van der Waals surface area contributed by atoms with E-state index in [9.17, 15) is 4.79 Å². The SMILES string of the molecule is O=C(Nc1ccn[nH]1)c1ccc([C@H]2CCCN2C2Cc3ccccc3C2)s1. The van der Waals surface area contributed by atoms with Crippen LogP contribution in [0.4, 0.5) is 5.82 Å². The first kappa shape index (κ1) is 16.7. The summed E-state index contributed by atoms with van der Waals surface area (Å²) in [6, 6.07) is 15.7. The van der Waals surface area contributed by atoms with E-state index >= 15 is 0 Å². The zero-order chi connectivity index (χ0) is 18.2. The third-order valence-electron chi connectivity index (χ3n) is 5.72. The van der Waals surface area contributed by atoms with Gasteiger partial charge in [-0.15, -0.1) is 11.3 Å². The third kappa shape index (κ3) is 3.19. The standard InChI is InChI=1S/C21H22N4OS/c26-21(23-20-9-10-22-24-20)19-8-7-18(27-19)17-6-3-11-25(17)16-12-14-4-1-2-5-15(14)13-16/h1-2,4-5,7-10,16-17H,3,6,11-13H2,(H2,22,23,24,26)/t17-/m1/s1. The second-order valence-electron chi connectivity index (χ2n) is 7.35. The lowest BCUT2D eigenvalue weighted by Crippen LogP contribution is -2.35. The predicted molar refractivity (Wildman–Crippen MR) is 107 cm³/mol. The number of aromatic amines is 1. The number of carbonyl (C=O) groups excluding carboxylic acids is 1. The van der Waals surface area contributed by atoms with Crippen LogP contribution in [-0.4, -0.2) is 33.6 Å². The molecule has 2 aliphatic rings. The summed E-state index contributed by atoms with van der Waals surface area (Å²) in [5.41, 5.74) is 3.00. The Bertz CT molecular complexity index is 924. The van der Waals surface area contributed by atoms with Crippen molar-refractivity contribution in [2.45, 2.75) is 37.8 Å². The highest BCUT2D eigenvalue weighted by molar-refractivity contribution is 7.14. The monoisotopic (exact) mass is 378 g/mol. The highest BCUT2D eigenvalue weighted by atomic mass is 32.1. The zero-order valence-corrected chi connectivity index (χ0v) is 15.8. The number of aromatic nitrogens is 2. The van der Waals surface area contributed by atoms with Crippen LogP contribution in [0.15, 0.2) is 48.7 Å². The van der Waals surface area contributed by atoms with Crippen molar-refractivity contribution in [3.8, 4) is 0 Å². The number of H-pyrrole nitrogens is 1. The topological polar surface area (TPSA) is 61.0 Å². The van der Waals surface area contributed by atoms with Crippen LogP contribution in [0.25, 0.3) is 0 Å². The van der Waals surface area contributed by atoms with Gasteiger partial charge in [-0.1, -0.05) is 24.3 Å². The fourth-order valence-corrected chi connectivity index (χ4v) is 5.52. The van der Waals surface area contributed by atoms with Crippen LogP contribution in [0.3, 0.4) is 0 Å². The smallest absolute Gasteiger partial charge is 0.266 e. The minimum absolute atomic E-state index is 0.0756. The van der Waals surface area contributed by atoms with Gasteiger partial charge in [0.05, 0.1) is 11.1 Å². The van der Waals surface area contributed by atoms with Crippen molar-refractivity contribution in [1.82, 2.24) is 15.1 Å². The number of nitrogens with zero attached hydrogens (tertiary/aromatic N) is 2. The first-order valence-electron chi connectivity index (χ1n) is 9.51. The van der Waals surface area contributed by atoms with Crippen molar-refractivity contribution in [1.29, 1.82) is 0 Å². The highest BCUT2D eigenvalue weighted by Crippen LogP contribution is 2.40. The summed E-state index contributed by atoms with van der Waals surface area (Å²) in [7, 11) is 0. The minimum Gasteiger partial charge on any atom is -0.306 e. The van der Waals surface area contributed by atoms with Crippen molar-refractivity contribution < 1.29 is 4.79 Å². The van der Waals surface area contributed by atoms with Crippen LogP contribution in [0.5, 0.6) is 0 Å². The molecule has 5 rings (SSSR count). The lowest BCUT2D eigenvalue weighted by Gasteiger charge is -2.29. The number of anilines is 1. The Labute approximate surface area is 162 Å². The van der Waals surface area contributed by atoms with Gasteiger partial charge in [-0.25, -0.2) is 0 Å². The van der Waals surface area contributed by atoms with Crippen LogP contribution in [0, 0.1) is 0 Å². The number of thiophene rings is 1. The molecule has 1 fully saturated rings. The molecule has 1 amide bonds. The molecule has 3 heterocycles. The lowest BCUT2D eigenvalue weighted by atomic mass is 10.1. The van der Waals surface area contributed by atoms with E-state index in [0.29, 0.717) is 17.9 Å². The molecule has 2 N–H and O–H groups in total. The maximum absolute atomic E-state index is 12.5. The molecule has 6 heteroatoms. The van der Waals surface area contributed by atoms with Crippen molar-refractivity contribution in [2.75, 3.05) is 11.9 Å². The molecule has 27 heavy (non-hydrogen) atoms. The fourth-order valence-electron chi connectivity index (χ4n) is 4.47. The van der Waals surface area contributed by atoms with Crippen LogP contribution < -0.4 is 5.32 Å². The van der Waals surface area contributed by atoms with E-state index in [1.165, 1.54) is 28.8 Å². The van der Waals surface area contributed by atoms with Crippen molar-refractivity contribution >= 4 is 23.1 Å². The number of likely N-dealkylation sites (tertiary alicyclic amines) is 1. The molecule has 2 aromatic heterocycles. The first-order valence-corrected chi connectivity index (χ1v) is 10.3. The molecule has 3 aromatic rings. The van der Waals surface area contributed by atoms with Crippen LogP contribution >= 0.6 is 11.3 Å². The summed E-state index contributed by atoms with van der Waals surface area (Å²) >= 11 is 1.62. The number of nitrogens with one attached hydrogen (secondary N) is 2. The molecular weight excluding hydrogens is 356 g/mol. The first-order chi connectivity index (χ1) is 13.3. The molecule has 0 unspecified atom stereocenters. The minimum atomic E-state index is -0.0756. The summed E-state index contributed by atoms with van der Waals surface area (Å²) in [5, 5.41) is 9.49. The Morgan fingerprint density at radius 2 is 1.96 bits per heavy atom. The van der Waals surface area contributed by atoms with Crippen molar-refractivity contribution in [2.24, 2.45) is 0 Å². The van der Waals surface area contributed by atoms with Gasteiger partial charge in [0.1, 0.15) is 5.82 Å². The maximum Gasteiger partial charge on any atom is 0.266 e. The number of hydrogen-bond donors (Lipinski definition) is 2. The number of carbonyl (C=O) groups is 1. The molecule has 1 aromatic carbocycles. The number of fused-ring (bicyclic) bond motifs is 1. The second kappa shape index (κ2) is 6.94. The highest BCUT2D eigenvalue weighted by Gasteiger charge is 2.35. The number of amides is 1. The van der Waals surface area contributed by atoms with Gasteiger partial charge in [0.25, 0.3) is 5.91 Å². The maximum atomic E-state index is 12.5. The molecule has 0 saturated carbocycles. The summed E-state index contributed by atoms with van der Waals surface area (Å²) in [5.74, 6) is 0.550. The second-order valence-corrected chi connectivity index (χ2v) is 8.47. The van der Waals surface area contributed by atoms with E-state index in [2.05, 4.69) is 50.7 Å². The van der Waals surface area contributed by atoms with Crippen LogP contribution in [0.1, 0.15) is 44.6 Å². The molecular formula is C21H22N4OS. The molecule has 0 spiro atoms. The molecule has 5 nitrogen and oxygen atoms in total. The van der Waals surface area contributed by atoms with Gasteiger partial charge in [0, 0.05) is 23.0 Å². The van der Waals surface area contributed by atoms with Gasteiger partial charge in [-0.05, 0) is 55.5 Å². The van der Waals surface area contributed by atoms with E-state index < -0.39 is 0 Å². The van der Waals surface area contributed by atoms with Crippen molar-refractivity contribution in [3.05, 3.63) is 69.5 Å². The largest absolute Gasteiger partial charge is 0.306 e. The van der Waals surface area contributed by atoms with Crippen LogP contribution in [-0.2, 0) is 12.8 Å². The third-order valence-corrected chi connectivity index (χ3v) is 6.91. The molecule has 0 radical (unpaired) electrons. The normalized spacial score (nSPS) is 20.1. The molecule has 1 saturated heterocycles. The predicted octanol–water partition coefficient (Wildman–Crippen LogP) is 4.03. The van der Waals surface area contributed by atoms with Gasteiger partial charge < -0.3 is 5.32 Å². The molecule has 1 atom stereocenters. The van der Waals surface area contributed by atoms with Gasteiger partial charge in [-0.3, -0.25) is 14.8 Å². The van der Waals surface area contributed by atoms with Gasteiger partial charge in [0.15, 0.2) is 0 Å². The Balaban J connectivity index is 1.31. The van der Waals surface area contributed by atoms with Crippen LogP contribution in [0.2, 0.25) is 0 Å². The van der Waals surface area contributed by atoms with E-state index in [-0.39, 0.29) is 5.91 Å². The van der Waals surface area contributed by atoms with E-state index in [1.54, 1.807) is 23.6 Å². The summed E-state index contributed by atoms with van der Waals surface area (Å²) in [4.78, 5) is 17.2. The van der Waals surface area contributed by atoms with E-state index in [0.717, 1.165) is 24.3 Å². The lowest BCUT2D eigenvalue weighted by molar-refractivity contribution is 0.103. The quantitative estimate of drug-likeness (QED) is 0.721. The Kier molecular flexibility index (Phi) is 4.30. The average molecular weight is 379 g/mol. The summed E-state index contributed by atoms with van der Waals surface area (Å²) < 4.78 is 0.